The number of carbonyl (C=O) groups excluding carboxylic acids is 1. The van der Waals surface area contributed by atoms with Gasteiger partial charge < -0.3 is 9.64 Å². The van der Waals surface area contributed by atoms with Crippen LogP contribution in [0.2, 0.25) is 0 Å². The SMILES string of the molecule is CCCC(=O)N1CCN(Cc2ccccc2OC)CC1. The quantitative estimate of drug-likeness (QED) is 0.826. The Labute approximate surface area is 121 Å². The normalized spacial score (nSPS) is 16.2. The van der Waals surface area contributed by atoms with Crippen LogP contribution in [0, 0.1) is 0 Å². The molecule has 0 aromatic heterocycles. The fourth-order valence-electron chi connectivity index (χ4n) is 2.60. The molecule has 0 aliphatic carbocycles. The zero-order valence-electron chi connectivity index (χ0n) is 12.5. The van der Waals surface area contributed by atoms with Gasteiger partial charge in [-0.3, -0.25) is 9.69 Å². The Morgan fingerprint density at radius 3 is 2.55 bits per heavy atom. The third-order valence-electron chi connectivity index (χ3n) is 3.78. The summed E-state index contributed by atoms with van der Waals surface area (Å²) >= 11 is 0. The Kier molecular flexibility index (Phi) is 5.41. The van der Waals surface area contributed by atoms with E-state index >= 15 is 0 Å². The molecule has 1 heterocycles. The molecular weight excluding hydrogens is 252 g/mol. The van der Waals surface area contributed by atoms with Crippen LogP contribution in [0.25, 0.3) is 0 Å². The second-order valence-electron chi connectivity index (χ2n) is 5.22. The van der Waals surface area contributed by atoms with Crippen molar-refractivity contribution in [2.24, 2.45) is 0 Å². The van der Waals surface area contributed by atoms with Gasteiger partial charge in [-0.25, -0.2) is 0 Å². The summed E-state index contributed by atoms with van der Waals surface area (Å²) in [4.78, 5) is 16.2. The average molecular weight is 276 g/mol. The van der Waals surface area contributed by atoms with Crippen LogP contribution in [0.3, 0.4) is 0 Å². The Balaban J connectivity index is 1.87. The first kappa shape index (κ1) is 14.9. The van der Waals surface area contributed by atoms with Crippen LogP contribution in [0.5, 0.6) is 5.75 Å². The Bertz CT molecular complexity index is 440. The fraction of sp³-hybridized carbons (Fsp3) is 0.562. The molecule has 0 spiro atoms. The molecule has 1 aliphatic rings. The molecule has 0 radical (unpaired) electrons. The van der Waals surface area contributed by atoms with Crippen LogP contribution in [-0.2, 0) is 11.3 Å². The van der Waals surface area contributed by atoms with Crippen LogP contribution in [-0.4, -0.2) is 49.0 Å². The van der Waals surface area contributed by atoms with Crippen LogP contribution < -0.4 is 4.74 Å². The lowest BCUT2D eigenvalue weighted by atomic mass is 10.1. The second kappa shape index (κ2) is 7.29. The van der Waals surface area contributed by atoms with Crippen LogP contribution >= 0.6 is 0 Å². The second-order valence-corrected chi connectivity index (χ2v) is 5.22. The lowest BCUT2D eigenvalue weighted by Gasteiger charge is -2.35. The molecule has 110 valence electrons. The summed E-state index contributed by atoms with van der Waals surface area (Å²) < 4.78 is 5.39. The molecule has 20 heavy (non-hydrogen) atoms. The van der Waals surface area contributed by atoms with E-state index in [-0.39, 0.29) is 0 Å². The number of methoxy groups -OCH3 is 1. The number of ether oxygens (including phenoxy) is 1. The first-order valence-electron chi connectivity index (χ1n) is 7.36. The molecule has 0 unspecified atom stereocenters. The summed E-state index contributed by atoms with van der Waals surface area (Å²) in [6.07, 6.45) is 1.60. The van der Waals surface area contributed by atoms with Gasteiger partial charge in [0.1, 0.15) is 5.75 Å². The number of piperazine rings is 1. The molecule has 1 amide bonds. The third kappa shape index (κ3) is 3.73. The summed E-state index contributed by atoms with van der Waals surface area (Å²) in [6, 6.07) is 8.13. The topological polar surface area (TPSA) is 32.8 Å². The molecule has 0 N–H and O–H groups in total. The number of hydrogen-bond donors (Lipinski definition) is 0. The lowest BCUT2D eigenvalue weighted by molar-refractivity contribution is -0.133. The highest BCUT2D eigenvalue weighted by molar-refractivity contribution is 5.76. The largest absolute Gasteiger partial charge is 0.496 e. The lowest BCUT2D eigenvalue weighted by Crippen LogP contribution is -2.48. The highest BCUT2D eigenvalue weighted by atomic mass is 16.5. The van der Waals surface area contributed by atoms with Crippen LogP contribution in [0.4, 0.5) is 0 Å². The Morgan fingerprint density at radius 1 is 1.20 bits per heavy atom. The zero-order chi connectivity index (χ0) is 14.4. The maximum Gasteiger partial charge on any atom is 0.222 e. The van der Waals surface area contributed by atoms with Gasteiger partial charge in [0.05, 0.1) is 7.11 Å². The molecule has 0 saturated carbocycles. The highest BCUT2D eigenvalue weighted by Gasteiger charge is 2.20. The van der Waals surface area contributed by atoms with Crippen molar-refractivity contribution in [3.05, 3.63) is 29.8 Å². The summed E-state index contributed by atoms with van der Waals surface area (Å²) in [5.41, 5.74) is 1.21. The van der Waals surface area contributed by atoms with E-state index in [9.17, 15) is 4.79 Å². The zero-order valence-corrected chi connectivity index (χ0v) is 12.5. The summed E-state index contributed by atoms with van der Waals surface area (Å²) in [5.74, 6) is 1.24. The number of rotatable bonds is 5. The van der Waals surface area contributed by atoms with E-state index < -0.39 is 0 Å². The van der Waals surface area contributed by atoms with E-state index in [0.29, 0.717) is 12.3 Å². The minimum Gasteiger partial charge on any atom is -0.496 e. The first-order valence-corrected chi connectivity index (χ1v) is 7.36. The van der Waals surface area contributed by atoms with Gasteiger partial charge in [-0.2, -0.15) is 0 Å². The van der Waals surface area contributed by atoms with Gasteiger partial charge >= 0.3 is 0 Å². The number of carbonyl (C=O) groups is 1. The predicted molar refractivity (Wildman–Crippen MR) is 79.8 cm³/mol. The number of amides is 1. The standard InChI is InChI=1S/C16H24N2O2/c1-3-6-16(19)18-11-9-17(10-12-18)13-14-7-4-5-8-15(14)20-2/h4-5,7-8H,3,6,9-13H2,1-2H3. The van der Waals surface area contributed by atoms with Crippen molar-refractivity contribution in [3.63, 3.8) is 0 Å². The van der Waals surface area contributed by atoms with Gasteiger partial charge in [0, 0.05) is 44.7 Å². The molecule has 1 saturated heterocycles. The molecular formula is C16H24N2O2. The third-order valence-corrected chi connectivity index (χ3v) is 3.78. The first-order chi connectivity index (χ1) is 9.74. The van der Waals surface area contributed by atoms with Crippen molar-refractivity contribution in [2.45, 2.75) is 26.3 Å². The van der Waals surface area contributed by atoms with Crippen molar-refractivity contribution in [2.75, 3.05) is 33.3 Å². The van der Waals surface area contributed by atoms with Gasteiger partial charge in [0.15, 0.2) is 0 Å². The minimum atomic E-state index is 0.296. The van der Waals surface area contributed by atoms with E-state index in [0.717, 1.165) is 44.9 Å². The van der Waals surface area contributed by atoms with E-state index in [1.165, 1.54) is 5.56 Å². The molecule has 1 aromatic rings. The van der Waals surface area contributed by atoms with Gasteiger partial charge in [0.25, 0.3) is 0 Å². The fourth-order valence-corrected chi connectivity index (χ4v) is 2.60. The minimum absolute atomic E-state index is 0.296. The van der Waals surface area contributed by atoms with Crippen molar-refractivity contribution in [3.8, 4) is 5.75 Å². The van der Waals surface area contributed by atoms with E-state index in [2.05, 4.69) is 17.9 Å². The number of nitrogens with zero attached hydrogens (tertiary/aromatic N) is 2. The maximum absolute atomic E-state index is 11.9. The molecule has 1 fully saturated rings. The molecule has 1 aliphatic heterocycles. The van der Waals surface area contributed by atoms with E-state index in [4.69, 9.17) is 4.74 Å². The molecule has 4 heteroatoms. The highest BCUT2D eigenvalue weighted by Crippen LogP contribution is 2.20. The molecule has 0 atom stereocenters. The molecule has 0 bridgehead atoms. The Morgan fingerprint density at radius 2 is 1.90 bits per heavy atom. The molecule has 2 rings (SSSR count). The van der Waals surface area contributed by atoms with E-state index in [1.54, 1.807) is 7.11 Å². The van der Waals surface area contributed by atoms with Crippen molar-refractivity contribution >= 4 is 5.91 Å². The summed E-state index contributed by atoms with van der Waals surface area (Å²) in [7, 11) is 1.71. The summed E-state index contributed by atoms with van der Waals surface area (Å²) in [5, 5.41) is 0. The summed E-state index contributed by atoms with van der Waals surface area (Å²) in [6.45, 7) is 6.50. The predicted octanol–water partition coefficient (Wildman–Crippen LogP) is 2.14. The Hall–Kier alpha value is -1.55. The monoisotopic (exact) mass is 276 g/mol. The molecule has 1 aromatic carbocycles. The number of hydrogen-bond acceptors (Lipinski definition) is 3. The van der Waals surface area contributed by atoms with Gasteiger partial charge in [-0.15, -0.1) is 0 Å². The van der Waals surface area contributed by atoms with Crippen LogP contribution in [0.15, 0.2) is 24.3 Å². The number of benzene rings is 1. The molecule has 4 nitrogen and oxygen atoms in total. The van der Waals surface area contributed by atoms with E-state index in [1.807, 2.05) is 23.1 Å². The average Bonchev–Trinajstić information content (AvgIpc) is 2.49. The van der Waals surface area contributed by atoms with Gasteiger partial charge in [0.2, 0.25) is 5.91 Å². The van der Waals surface area contributed by atoms with Crippen molar-refractivity contribution in [1.29, 1.82) is 0 Å². The van der Waals surface area contributed by atoms with Gasteiger partial charge in [-0.05, 0) is 12.5 Å². The van der Waals surface area contributed by atoms with Crippen molar-refractivity contribution < 1.29 is 9.53 Å². The van der Waals surface area contributed by atoms with Gasteiger partial charge in [-0.1, -0.05) is 25.1 Å². The number of para-hydroxylation sites is 1. The smallest absolute Gasteiger partial charge is 0.222 e. The van der Waals surface area contributed by atoms with Crippen LogP contribution in [0.1, 0.15) is 25.3 Å². The van der Waals surface area contributed by atoms with Crippen molar-refractivity contribution in [1.82, 2.24) is 9.80 Å². The maximum atomic E-state index is 11.9.